The molecule has 0 aromatic heterocycles. The molecule has 2 aromatic rings. The molecule has 0 radical (unpaired) electrons. The summed E-state index contributed by atoms with van der Waals surface area (Å²) in [5.74, 6) is -0.434. The van der Waals surface area contributed by atoms with Gasteiger partial charge in [-0.15, -0.1) is 0 Å². The van der Waals surface area contributed by atoms with Crippen LogP contribution in [0, 0.1) is 0 Å². The molecule has 3 rings (SSSR count). The lowest BCUT2D eigenvalue weighted by Crippen LogP contribution is -1.95. The monoisotopic (exact) mass is 249 g/mol. The lowest BCUT2D eigenvalue weighted by Gasteiger charge is -2.11. The molecule has 2 atom stereocenters. The van der Waals surface area contributed by atoms with Gasteiger partial charge in [0.15, 0.2) is 0 Å². The van der Waals surface area contributed by atoms with Gasteiger partial charge >= 0.3 is 0 Å². The number of aliphatic hydroxyl groups excluding tert-OH is 1. The van der Waals surface area contributed by atoms with Crippen LogP contribution in [0.5, 0.6) is 0 Å². The van der Waals surface area contributed by atoms with Crippen molar-refractivity contribution in [2.45, 2.75) is 18.4 Å². The van der Waals surface area contributed by atoms with Crippen LogP contribution in [0.1, 0.15) is 42.0 Å². The van der Waals surface area contributed by atoms with Gasteiger partial charge in [-0.25, -0.2) is 0 Å². The molecule has 0 spiro atoms. The summed E-state index contributed by atoms with van der Waals surface area (Å²) >= 11 is 5.95. The Morgan fingerprint density at radius 1 is 1.18 bits per heavy atom. The van der Waals surface area contributed by atoms with Crippen LogP contribution in [0.4, 0.5) is 0 Å². The van der Waals surface area contributed by atoms with E-state index in [1.807, 2.05) is 0 Å². The van der Waals surface area contributed by atoms with Gasteiger partial charge in [0.1, 0.15) is 0 Å². The molecule has 0 saturated heterocycles. The van der Waals surface area contributed by atoms with Crippen molar-refractivity contribution in [3.63, 3.8) is 0 Å². The second-order valence-corrected chi connectivity index (χ2v) is 4.55. The van der Waals surface area contributed by atoms with Crippen LogP contribution < -0.4 is 0 Å². The summed E-state index contributed by atoms with van der Waals surface area (Å²) in [5.41, 5.74) is 1.64. The molecule has 0 heterocycles. The molecule has 0 amide bonds. The quantitative estimate of drug-likeness (QED) is 0.813. The smallest absolute Gasteiger partial charge is 0.0802 e. The first-order valence-electron chi connectivity index (χ1n) is 7.87. The zero-order valence-electron chi connectivity index (χ0n) is 13.9. The Bertz CT molecular complexity index is 748. The average Bonchev–Trinajstić information content (AvgIpc) is 2.80. The zero-order chi connectivity index (χ0) is 16.2. The molecular formula is C15H13ClO. The summed E-state index contributed by atoms with van der Waals surface area (Å²) in [7, 11) is 0. The molecule has 1 nitrogen and oxygen atoms in total. The fourth-order valence-corrected chi connectivity index (χ4v) is 2.52. The first-order chi connectivity index (χ1) is 10.3. The van der Waals surface area contributed by atoms with Crippen LogP contribution in [-0.2, 0) is 0 Å². The third-order valence-corrected chi connectivity index (χ3v) is 3.35. The molecule has 17 heavy (non-hydrogen) atoms. The van der Waals surface area contributed by atoms with Crippen LogP contribution in [0.25, 0.3) is 0 Å². The fourth-order valence-electron chi connectivity index (χ4n) is 2.34. The molecular weight excluding hydrogens is 232 g/mol. The summed E-state index contributed by atoms with van der Waals surface area (Å²) in [6.45, 7) is 0. The van der Waals surface area contributed by atoms with E-state index < -0.39 is 18.1 Å². The third-order valence-electron chi connectivity index (χ3n) is 3.11. The highest BCUT2D eigenvalue weighted by molar-refractivity contribution is 6.30. The second-order valence-electron chi connectivity index (χ2n) is 4.12. The second kappa shape index (κ2) is 4.17. The van der Waals surface area contributed by atoms with Crippen molar-refractivity contribution in [1.82, 2.24) is 0 Å². The largest absolute Gasteiger partial charge is 0.388 e. The third kappa shape index (κ3) is 1.86. The molecule has 2 heteroatoms. The predicted molar refractivity (Wildman–Crippen MR) is 69.3 cm³/mol. The van der Waals surface area contributed by atoms with E-state index in [4.69, 9.17) is 18.5 Å². The molecule has 0 fully saturated rings. The van der Waals surface area contributed by atoms with Gasteiger partial charge in [0, 0.05) is 10.9 Å². The predicted octanol–water partition coefficient (Wildman–Crippen LogP) is 3.91. The Morgan fingerprint density at radius 2 is 1.94 bits per heavy atom. The number of hydrogen-bond acceptors (Lipinski definition) is 1. The number of halogens is 1. The number of aliphatic hydroxyl groups is 1. The van der Waals surface area contributed by atoms with E-state index in [1.54, 1.807) is 18.2 Å². The van der Waals surface area contributed by atoms with Gasteiger partial charge < -0.3 is 5.11 Å². The minimum atomic E-state index is -0.753. The van der Waals surface area contributed by atoms with Crippen molar-refractivity contribution in [3.8, 4) is 0 Å². The average molecular weight is 250 g/mol. The molecule has 0 saturated carbocycles. The molecule has 0 unspecified atom stereocenters. The van der Waals surface area contributed by atoms with E-state index in [0.29, 0.717) is 10.6 Å². The summed E-state index contributed by atoms with van der Waals surface area (Å²) in [5, 5.41) is 10.7. The normalized spacial score (nSPS) is 26.6. The standard InChI is InChI=1S/C15H13ClO/c16-11-6-7-12-13(9-15(17)14(12)8-11)10-4-2-1-3-5-10/h1-8,13,15,17H,9H2/t13-,15+/m0/s1/i1D,2D,3D,4D,5D. The van der Waals surface area contributed by atoms with Crippen molar-refractivity contribution < 1.29 is 12.0 Å². The molecule has 0 aliphatic heterocycles. The van der Waals surface area contributed by atoms with E-state index in [0.717, 1.165) is 5.56 Å². The highest BCUT2D eigenvalue weighted by atomic mass is 35.5. The Balaban J connectivity index is 2.23. The van der Waals surface area contributed by atoms with Crippen molar-refractivity contribution in [2.24, 2.45) is 0 Å². The van der Waals surface area contributed by atoms with Crippen LogP contribution in [-0.4, -0.2) is 5.11 Å². The van der Waals surface area contributed by atoms with Gasteiger partial charge in [-0.05, 0) is 35.2 Å². The summed E-state index contributed by atoms with van der Waals surface area (Å²) in [6.07, 6.45) is -0.472. The Labute approximate surface area is 113 Å². The fraction of sp³-hybridized carbons (Fsp3) is 0.200. The van der Waals surface area contributed by atoms with E-state index in [2.05, 4.69) is 0 Å². The summed E-state index contributed by atoms with van der Waals surface area (Å²) in [6, 6.07) is 3.54. The van der Waals surface area contributed by atoms with Crippen LogP contribution in [0.2, 0.25) is 5.02 Å². The van der Waals surface area contributed by atoms with Gasteiger partial charge in [0.2, 0.25) is 0 Å². The van der Waals surface area contributed by atoms with E-state index in [1.165, 1.54) is 0 Å². The molecule has 0 bridgehead atoms. The minimum absolute atomic E-state index is 0.217. The van der Waals surface area contributed by atoms with Gasteiger partial charge in [0.05, 0.1) is 13.0 Å². The van der Waals surface area contributed by atoms with Crippen molar-refractivity contribution in [3.05, 3.63) is 70.1 Å². The Kier molecular flexibility index (Phi) is 1.61. The lowest BCUT2D eigenvalue weighted by atomic mass is 9.93. The lowest BCUT2D eigenvalue weighted by molar-refractivity contribution is 0.176. The molecule has 1 aliphatic carbocycles. The van der Waals surface area contributed by atoms with Gasteiger partial charge in [-0.1, -0.05) is 47.9 Å². The molecule has 86 valence electrons. The number of benzene rings is 2. The van der Waals surface area contributed by atoms with Crippen molar-refractivity contribution in [1.29, 1.82) is 0 Å². The Hall–Kier alpha value is -1.31. The van der Waals surface area contributed by atoms with E-state index in [-0.39, 0.29) is 36.2 Å². The highest BCUT2D eigenvalue weighted by Gasteiger charge is 2.30. The zero-order valence-corrected chi connectivity index (χ0v) is 9.67. The van der Waals surface area contributed by atoms with Gasteiger partial charge in [-0.2, -0.15) is 0 Å². The van der Waals surface area contributed by atoms with Crippen LogP contribution in [0.3, 0.4) is 0 Å². The van der Waals surface area contributed by atoms with Gasteiger partial charge in [0.25, 0.3) is 0 Å². The van der Waals surface area contributed by atoms with Crippen molar-refractivity contribution >= 4 is 11.6 Å². The maximum absolute atomic E-state index is 10.2. The van der Waals surface area contributed by atoms with Crippen LogP contribution >= 0.6 is 11.6 Å². The summed E-state index contributed by atoms with van der Waals surface area (Å²) < 4.78 is 39.3. The maximum atomic E-state index is 10.2. The van der Waals surface area contributed by atoms with Crippen LogP contribution in [0.15, 0.2) is 48.4 Å². The SMILES string of the molecule is [2H]c1c([2H])c([2H])c([C@@H]2C[C@@H](O)c3cc(Cl)ccc32)c([2H])c1[2H]. The summed E-state index contributed by atoms with van der Waals surface area (Å²) in [4.78, 5) is 0. The molecule has 1 aliphatic rings. The first kappa shape index (κ1) is 6.58. The van der Waals surface area contributed by atoms with Crippen molar-refractivity contribution in [2.75, 3.05) is 0 Å². The highest BCUT2D eigenvalue weighted by Crippen LogP contribution is 2.44. The maximum Gasteiger partial charge on any atom is 0.0802 e. The van der Waals surface area contributed by atoms with Gasteiger partial charge in [-0.3, -0.25) is 0 Å². The topological polar surface area (TPSA) is 20.2 Å². The number of fused-ring (bicyclic) bond motifs is 1. The Morgan fingerprint density at radius 3 is 2.71 bits per heavy atom. The van der Waals surface area contributed by atoms with E-state index >= 15 is 0 Å². The molecule has 1 N–H and O–H groups in total. The number of rotatable bonds is 1. The van der Waals surface area contributed by atoms with E-state index in [9.17, 15) is 5.11 Å². The first-order valence-corrected chi connectivity index (χ1v) is 5.75. The minimum Gasteiger partial charge on any atom is -0.388 e. The number of hydrogen-bond donors (Lipinski definition) is 1. The molecule has 2 aromatic carbocycles.